The van der Waals surface area contributed by atoms with Crippen LogP contribution in [0.1, 0.15) is 12.8 Å². The number of thiol groups is 1. The van der Waals surface area contributed by atoms with Crippen LogP contribution in [0, 0.1) is 0 Å². The monoisotopic (exact) mass is 207 g/mol. The largest absolute Gasteiger partial charge is 0.353 e. The van der Waals surface area contributed by atoms with Crippen molar-refractivity contribution in [1.29, 1.82) is 0 Å². The molecule has 6 heteroatoms. The Balaban J connectivity index is 3.17. The predicted molar refractivity (Wildman–Crippen MR) is 48.7 cm³/mol. The van der Waals surface area contributed by atoms with Crippen LogP contribution in [-0.2, 0) is 20.0 Å². The number of unbranched alkanes of at least 4 members (excludes halogenated alkanes) is 1. The second-order valence-electron chi connectivity index (χ2n) is 2.26. The Kier molecular flexibility index (Phi) is 7.23. The summed E-state index contributed by atoms with van der Waals surface area (Å²) in [4.78, 5) is 10.6. The molecule has 1 N–H and O–H groups in total. The average Bonchev–Trinajstić information content (AvgIpc) is 2.10. The van der Waals surface area contributed by atoms with Crippen molar-refractivity contribution >= 4 is 16.9 Å². The summed E-state index contributed by atoms with van der Waals surface area (Å²) in [6.45, 7) is 3.96. The van der Waals surface area contributed by atoms with Crippen LogP contribution in [0.3, 0.4) is 0 Å². The van der Waals surface area contributed by atoms with Crippen molar-refractivity contribution in [3.8, 4) is 0 Å². The van der Waals surface area contributed by atoms with Crippen LogP contribution in [0.2, 0.25) is 0 Å². The molecule has 0 aromatic carbocycles. The Hall–Kier alpha value is -0.880. The molecular weight excluding hydrogens is 194 g/mol. The molecule has 0 aromatic heterocycles. The highest BCUT2D eigenvalue weighted by Crippen LogP contribution is 1.88. The minimum absolute atomic E-state index is 0.169. The van der Waals surface area contributed by atoms with Gasteiger partial charge in [0.05, 0.1) is 6.61 Å². The number of carbonyl (C=O) groups is 1. The molecule has 0 spiro atoms. The van der Waals surface area contributed by atoms with Crippen LogP contribution in [0.5, 0.6) is 0 Å². The van der Waals surface area contributed by atoms with Gasteiger partial charge in [-0.3, -0.25) is 8.98 Å². The Morgan fingerprint density at radius 2 is 2.15 bits per heavy atom. The molecule has 0 atom stereocenters. The lowest BCUT2D eigenvalue weighted by atomic mass is 10.3. The quantitative estimate of drug-likeness (QED) is 0.339. The van der Waals surface area contributed by atoms with Crippen molar-refractivity contribution in [3.63, 3.8) is 0 Å². The maximum absolute atomic E-state index is 10.6. The summed E-state index contributed by atoms with van der Waals surface area (Å²) >= 11 is 0. The van der Waals surface area contributed by atoms with Gasteiger partial charge in [0.25, 0.3) is 11.0 Å². The highest BCUT2D eigenvalue weighted by atomic mass is 32.2. The van der Waals surface area contributed by atoms with E-state index in [0.29, 0.717) is 19.4 Å². The van der Waals surface area contributed by atoms with Gasteiger partial charge in [-0.25, -0.2) is 8.42 Å². The second-order valence-corrected chi connectivity index (χ2v) is 2.96. The number of carbonyl (C=O) groups excluding carboxylic acids is 1. The Morgan fingerprint density at radius 3 is 2.69 bits per heavy atom. The summed E-state index contributed by atoms with van der Waals surface area (Å²) in [6.07, 6.45) is 2.47. The summed E-state index contributed by atoms with van der Waals surface area (Å²) in [5.41, 5.74) is 0. The lowest BCUT2D eigenvalue weighted by Gasteiger charge is -2.00. The van der Waals surface area contributed by atoms with Crippen LogP contribution >= 0.6 is 0 Å². The van der Waals surface area contributed by atoms with Crippen LogP contribution < -0.4 is 5.32 Å². The van der Waals surface area contributed by atoms with Gasteiger partial charge in [0.1, 0.15) is 0 Å². The van der Waals surface area contributed by atoms with E-state index in [1.54, 1.807) is 0 Å². The third kappa shape index (κ3) is 9.03. The topological polar surface area (TPSA) is 72.5 Å². The van der Waals surface area contributed by atoms with E-state index in [2.05, 4.69) is 16.1 Å². The minimum Gasteiger partial charge on any atom is -0.353 e. The van der Waals surface area contributed by atoms with Gasteiger partial charge >= 0.3 is 0 Å². The van der Waals surface area contributed by atoms with Crippen molar-refractivity contribution in [2.45, 2.75) is 12.8 Å². The van der Waals surface area contributed by atoms with Crippen molar-refractivity contribution in [2.24, 2.45) is 0 Å². The highest BCUT2D eigenvalue weighted by Gasteiger charge is 1.93. The Bertz CT molecular complexity index is 229. The van der Waals surface area contributed by atoms with Gasteiger partial charge in [0.15, 0.2) is 0 Å². The molecule has 0 rings (SSSR count). The summed E-state index contributed by atoms with van der Waals surface area (Å²) in [7, 11) is -2.74. The summed E-state index contributed by atoms with van der Waals surface area (Å²) in [6, 6.07) is 0. The number of hydrogen-bond donors (Lipinski definition) is 2. The number of hydrogen-bond acceptors (Lipinski definition) is 4. The first-order chi connectivity index (χ1) is 6.16. The van der Waals surface area contributed by atoms with E-state index in [-0.39, 0.29) is 12.5 Å². The zero-order valence-corrected chi connectivity index (χ0v) is 8.09. The fraction of sp³-hybridized carbons (Fsp3) is 0.571. The predicted octanol–water partition coefficient (Wildman–Crippen LogP) is -0.388. The van der Waals surface area contributed by atoms with Gasteiger partial charge in [-0.05, 0) is 18.9 Å². The zero-order chi connectivity index (χ0) is 10.1. The fourth-order valence-electron chi connectivity index (χ4n) is 0.650. The lowest BCUT2D eigenvalue weighted by molar-refractivity contribution is -0.116. The smallest absolute Gasteiger partial charge is 0.257 e. The third-order valence-electron chi connectivity index (χ3n) is 1.25. The lowest BCUT2D eigenvalue weighted by Crippen LogP contribution is -2.21. The van der Waals surface area contributed by atoms with Crippen LogP contribution in [0.4, 0.5) is 0 Å². The van der Waals surface area contributed by atoms with E-state index in [0.717, 1.165) is 0 Å². The van der Waals surface area contributed by atoms with Gasteiger partial charge in [-0.1, -0.05) is 6.58 Å². The molecule has 0 bridgehead atoms. The molecule has 1 amide bonds. The first-order valence-electron chi connectivity index (χ1n) is 3.84. The van der Waals surface area contributed by atoms with Gasteiger partial charge < -0.3 is 5.32 Å². The second kappa shape index (κ2) is 7.75. The van der Waals surface area contributed by atoms with Crippen molar-refractivity contribution in [2.75, 3.05) is 13.2 Å². The van der Waals surface area contributed by atoms with Crippen molar-refractivity contribution in [3.05, 3.63) is 12.7 Å². The van der Waals surface area contributed by atoms with Gasteiger partial charge in [0.2, 0.25) is 5.91 Å². The molecule has 0 aliphatic carbocycles. The molecule has 0 unspecified atom stereocenters. The van der Waals surface area contributed by atoms with Crippen molar-refractivity contribution in [1.82, 2.24) is 5.32 Å². The van der Waals surface area contributed by atoms with Gasteiger partial charge in [0, 0.05) is 6.54 Å². The SMILES string of the molecule is C=CC(=O)NCCCCO[SH](=O)=O. The maximum atomic E-state index is 10.6. The fourth-order valence-corrected chi connectivity index (χ4v) is 0.928. The average molecular weight is 207 g/mol. The Labute approximate surface area is 78.9 Å². The van der Waals surface area contributed by atoms with Gasteiger partial charge in [-0.2, -0.15) is 0 Å². The molecule has 0 radical (unpaired) electrons. The molecule has 0 aromatic rings. The van der Waals surface area contributed by atoms with E-state index in [4.69, 9.17) is 0 Å². The van der Waals surface area contributed by atoms with E-state index < -0.39 is 11.0 Å². The number of amides is 1. The standard InChI is InChI=1S/C7H13NO4S/c1-2-7(9)8-5-3-4-6-12-13(10)11/h2,13H,1,3-6H2,(H,8,9). The first kappa shape index (κ1) is 12.1. The van der Waals surface area contributed by atoms with Crippen molar-refractivity contribution < 1.29 is 17.4 Å². The Morgan fingerprint density at radius 1 is 1.46 bits per heavy atom. The maximum Gasteiger partial charge on any atom is 0.257 e. The molecule has 5 nitrogen and oxygen atoms in total. The minimum atomic E-state index is -2.74. The van der Waals surface area contributed by atoms with Crippen LogP contribution in [0.25, 0.3) is 0 Å². The van der Waals surface area contributed by atoms with Crippen LogP contribution in [-0.4, -0.2) is 27.5 Å². The molecule has 0 saturated carbocycles. The molecular formula is C7H13NO4S. The molecule has 13 heavy (non-hydrogen) atoms. The number of rotatable bonds is 7. The van der Waals surface area contributed by atoms with E-state index >= 15 is 0 Å². The first-order valence-corrected chi connectivity index (χ1v) is 4.94. The molecule has 0 aliphatic rings. The summed E-state index contributed by atoms with van der Waals surface area (Å²) in [5, 5.41) is 2.56. The molecule has 0 saturated heterocycles. The highest BCUT2D eigenvalue weighted by molar-refractivity contribution is 7.67. The summed E-state index contributed by atoms with van der Waals surface area (Å²) < 4.78 is 24.1. The van der Waals surface area contributed by atoms with E-state index in [1.165, 1.54) is 6.08 Å². The molecule has 0 aliphatic heterocycles. The normalized spacial score (nSPS) is 9.92. The molecule has 76 valence electrons. The van der Waals surface area contributed by atoms with E-state index in [1.807, 2.05) is 0 Å². The van der Waals surface area contributed by atoms with E-state index in [9.17, 15) is 13.2 Å². The third-order valence-corrected chi connectivity index (χ3v) is 1.65. The summed E-state index contributed by atoms with van der Waals surface area (Å²) in [5.74, 6) is -0.226. The molecule has 0 heterocycles. The number of nitrogens with one attached hydrogen (secondary N) is 1. The van der Waals surface area contributed by atoms with Crippen LogP contribution in [0.15, 0.2) is 12.7 Å². The zero-order valence-electron chi connectivity index (χ0n) is 7.19. The molecule has 0 fully saturated rings. The van der Waals surface area contributed by atoms with Gasteiger partial charge in [-0.15, -0.1) is 0 Å².